The van der Waals surface area contributed by atoms with E-state index in [1.54, 1.807) is 12.1 Å². The van der Waals surface area contributed by atoms with E-state index in [0.29, 0.717) is 12.0 Å². The van der Waals surface area contributed by atoms with Gasteiger partial charge in [0.05, 0.1) is 0 Å². The Bertz CT molecular complexity index is 650. The molecule has 3 rings (SSSR count). The Labute approximate surface area is 132 Å². The Hall–Kier alpha value is -1.67. The number of hydrogen-bond acceptors (Lipinski definition) is 1. The van der Waals surface area contributed by atoms with E-state index in [1.165, 1.54) is 22.3 Å². The normalized spacial score (nSPS) is 18.2. The second kappa shape index (κ2) is 6.62. The summed E-state index contributed by atoms with van der Waals surface area (Å²) in [6.07, 6.45) is 2.97. The van der Waals surface area contributed by atoms with Gasteiger partial charge in [0.1, 0.15) is 5.82 Å². The Kier molecular flexibility index (Phi) is 4.58. The summed E-state index contributed by atoms with van der Waals surface area (Å²) < 4.78 is 13.7. The zero-order valence-corrected chi connectivity index (χ0v) is 13.4. The number of halogens is 1. The van der Waals surface area contributed by atoms with Crippen molar-refractivity contribution in [3.05, 3.63) is 70.5 Å². The van der Waals surface area contributed by atoms with Crippen LogP contribution in [-0.4, -0.2) is 12.6 Å². The maximum absolute atomic E-state index is 13.7. The molecule has 1 aliphatic rings. The summed E-state index contributed by atoms with van der Waals surface area (Å²) in [6, 6.07) is 14.5. The van der Waals surface area contributed by atoms with Crippen molar-refractivity contribution in [1.82, 2.24) is 5.32 Å². The smallest absolute Gasteiger partial charge is 0.123 e. The van der Waals surface area contributed by atoms with Gasteiger partial charge >= 0.3 is 0 Å². The van der Waals surface area contributed by atoms with Crippen LogP contribution in [0.4, 0.5) is 4.39 Å². The largest absolute Gasteiger partial charge is 0.314 e. The highest BCUT2D eigenvalue weighted by molar-refractivity contribution is 5.45. The Morgan fingerprint density at radius 3 is 2.64 bits per heavy atom. The molecule has 2 aromatic rings. The molecule has 1 nitrogen and oxygen atoms in total. The summed E-state index contributed by atoms with van der Waals surface area (Å²) in [5.41, 5.74) is 5.30. The average molecular weight is 297 g/mol. The molecule has 0 radical (unpaired) electrons. The molecule has 0 saturated heterocycles. The monoisotopic (exact) mass is 297 g/mol. The van der Waals surface area contributed by atoms with Gasteiger partial charge in [0.15, 0.2) is 0 Å². The van der Waals surface area contributed by atoms with E-state index in [2.05, 4.69) is 43.4 Å². The molecule has 1 aliphatic carbocycles. The molecule has 2 atom stereocenters. The third-order valence-corrected chi connectivity index (χ3v) is 4.72. The molecule has 2 heteroatoms. The van der Waals surface area contributed by atoms with Crippen LogP contribution in [0, 0.1) is 5.82 Å². The second-order valence-electron chi connectivity index (χ2n) is 6.29. The lowest BCUT2D eigenvalue weighted by Crippen LogP contribution is -2.28. The van der Waals surface area contributed by atoms with E-state index >= 15 is 0 Å². The van der Waals surface area contributed by atoms with Gasteiger partial charge in [-0.05, 0) is 67.1 Å². The molecule has 0 bridgehead atoms. The molecule has 0 heterocycles. The summed E-state index contributed by atoms with van der Waals surface area (Å²) in [6.45, 7) is 5.35. The first kappa shape index (κ1) is 15.2. The Balaban J connectivity index is 2.04. The first-order chi connectivity index (χ1) is 10.7. The van der Waals surface area contributed by atoms with Crippen molar-refractivity contribution in [2.24, 2.45) is 0 Å². The van der Waals surface area contributed by atoms with Gasteiger partial charge in [0.2, 0.25) is 0 Å². The average Bonchev–Trinajstić information content (AvgIpc) is 2.65. The van der Waals surface area contributed by atoms with Gasteiger partial charge in [-0.1, -0.05) is 37.3 Å². The van der Waals surface area contributed by atoms with Gasteiger partial charge in [0.25, 0.3) is 0 Å². The zero-order valence-electron chi connectivity index (χ0n) is 13.4. The summed E-state index contributed by atoms with van der Waals surface area (Å²) >= 11 is 0. The number of fused-ring (bicyclic) bond motifs is 2. The maximum atomic E-state index is 13.7. The first-order valence-corrected chi connectivity index (χ1v) is 8.28. The van der Waals surface area contributed by atoms with E-state index in [1.807, 2.05) is 6.07 Å². The minimum Gasteiger partial charge on any atom is -0.314 e. The van der Waals surface area contributed by atoms with E-state index < -0.39 is 0 Å². The van der Waals surface area contributed by atoms with Crippen molar-refractivity contribution in [1.29, 1.82) is 0 Å². The van der Waals surface area contributed by atoms with Gasteiger partial charge in [-0.15, -0.1) is 0 Å². The highest BCUT2D eigenvalue weighted by atomic mass is 19.1. The van der Waals surface area contributed by atoms with Gasteiger partial charge in [-0.25, -0.2) is 4.39 Å². The van der Waals surface area contributed by atoms with Crippen LogP contribution in [-0.2, 0) is 12.8 Å². The SMILES string of the molecule is CCNC(C)CC1c2ccccc2CCc2cc(F)ccc21. The number of aryl methyl sites for hydroxylation is 2. The third-order valence-electron chi connectivity index (χ3n) is 4.72. The fourth-order valence-electron chi connectivity index (χ4n) is 3.71. The van der Waals surface area contributed by atoms with Crippen LogP contribution in [0.3, 0.4) is 0 Å². The fourth-order valence-corrected chi connectivity index (χ4v) is 3.71. The molecular weight excluding hydrogens is 273 g/mol. The highest BCUT2D eigenvalue weighted by Crippen LogP contribution is 2.37. The lowest BCUT2D eigenvalue weighted by molar-refractivity contribution is 0.502. The van der Waals surface area contributed by atoms with Gasteiger partial charge in [-0.3, -0.25) is 0 Å². The standard InChI is InChI=1S/C20H24FN/c1-3-22-14(2)12-20-18-7-5-4-6-15(18)8-9-16-13-17(21)10-11-19(16)20/h4-7,10-11,13-14,20,22H,3,8-9,12H2,1-2H3. The summed E-state index contributed by atoms with van der Waals surface area (Å²) in [7, 11) is 0. The summed E-state index contributed by atoms with van der Waals surface area (Å²) in [5.74, 6) is 0.228. The molecule has 0 aromatic heterocycles. The molecule has 116 valence electrons. The van der Waals surface area contributed by atoms with Gasteiger partial charge in [0, 0.05) is 12.0 Å². The van der Waals surface area contributed by atoms with Crippen LogP contribution >= 0.6 is 0 Å². The van der Waals surface area contributed by atoms with Crippen LogP contribution in [0.1, 0.15) is 48.4 Å². The molecule has 1 N–H and O–H groups in total. The minimum absolute atomic E-state index is 0.122. The molecule has 2 aromatic carbocycles. The minimum atomic E-state index is -0.122. The van der Waals surface area contributed by atoms with Crippen molar-refractivity contribution in [2.75, 3.05) is 6.54 Å². The molecule has 0 saturated carbocycles. The predicted octanol–water partition coefficient (Wildman–Crippen LogP) is 4.44. The molecule has 0 aliphatic heterocycles. The van der Waals surface area contributed by atoms with E-state index in [0.717, 1.165) is 25.8 Å². The van der Waals surface area contributed by atoms with Crippen molar-refractivity contribution in [2.45, 2.75) is 45.1 Å². The number of rotatable bonds is 4. The summed E-state index contributed by atoms with van der Waals surface area (Å²) in [5, 5.41) is 3.51. The molecule has 22 heavy (non-hydrogen) atoms. The van der Waals surface area contributed by atoms with Crippen LogP contribution in [0.25, 0.3) is 0 Å². The van der Waals surface area contributed by atoms with Crippen LogP contribution in [0.15, 0.2) is 42.5 Å². The lowest BCUT2D eigenvalue weighted by atomic mass is 9.84. The first-order valence-electron chi connectivity index (χ1n) is 8.28. The summed E-state index contributed by atoms with van der Waals surface area (Å²) in [4.78, 5) is 0. The Morgan fingerprint density at radius 1 is 1.09 bits per heavy atom. The van der Waals surface area contributed by atoms with Crippen LogP contribution in [0.2, 0.25) is 0 Å². The number of nitrogens with one attached hydrogen (secondary N) is 1. The second-order valence-corrected chi connectivity index (χ2v) is 6.29. The fraction of sp³-hybridized carbons (Fsp3) is 0.400. The Morgan fingerprint density at radius 2 is 1.82 bits per heavy atom. The maximum Gasteiger partial charge on any atom is 0.123 e. The molecule has 0 fully saturated rings. The van der Waals surface area contributed by atoms with Gasteiger partial charge in [-0.2, -0.15) is 0 Å². The van der Waals surface area contributed by atoms with Crippen LogP contribution < -0.4 is 5.32 Å². The van der Waals surface area contributed by atoms with E-state index in [4.69, 9.17) is 0 Å². The molecule has 0 spiro atoms. The van der Waals surface area contributed by atoms with Crippen molar-refractivity contribution in [3.63, 3.8) is 0 Å². The number of benzene rings is 2. The number of hydrogen-bond donors (Lipinski definition) is 1. The quantitative estimate of drug-likeness (QED) is 0.879. The van der Waals surface area contributed by atoms with Crippen molar-refractivity contribution < 1.29 is 4.39 Å². The zero-order chi connectivity index (χ0) is 15.5. The van der Waals surface area contributed by atoms with Crippen molar-refractivity contribution in [3.8, 4) is 0 Å². The van der Waals surface area contributed by atoms with Crippen LogP contribution in [0.5, 0.6) is 0 Å². The topological polar surface area (TPSA) is 12.0 Å². The third kappa shape index (κ3) is 3.07. The predicted molar refractivity (Wildman–Crippen MR) is 89.8 cm³/mol. The van der Waals surface area contributed by atoms with E-state index in [9.17, 15) is 4.39 Å². The molecule has 0 amide bonds. The lowest BCUT2D eigenvalue weighted by Gasteiger charge is -2.24. The van der Waals surface area contributed by atoms with Crippen molar-refractivity contribution >= 4 is 0 Å². The van der Waals surface area contributed by atoms with E-state index in [-0.39, 0.29) is 5.82 Å². The molecule has 2 unspecified atom stereocenters. The molecular formula is C20H24FN. The van der Waals surface area contributed by atoms with Gasteiger partial charge < -0.3 is 5.32 Å². The highest BCUT2D eigenvalue weighted by Gasteiger charge is 2.25.